The van der Waals surface area contributed by atoms with E-state index in [-0.39, 0.29) is 17.1 Å². The summed E-state index contributed by atoms with van der Waals surface area (Å²) in [6, 6.07) is 4.48. The van der Waals surface area contributed by atoms with E-state index in [0.717, 1.165) is 68.7 Å². The van der Waals surface area contributed by atoms with Gasteiger partial charge in [0.2, 0.25) is 0 Å². The fraction of sp³-hybridized carbons (Fsp3) is 0.458. The first-order valence-electron chi connectivity index (χ1n) is 11.7. The molecule has 2 aromatic heterocycles. The Labute approximate surface area is 201 Å². The van der Waals surface area contributed by atoms with Crippen molar-refractivity contribution in [2.75, 3.05) is 24.5 Å². The lowest BCUT2D eigenvalue weighted by Crippen LogP contribution is -2.39. The number of rotatable bonds is 6. The van der Waals surface area contributed by atoms with Gasteiger partial charge in [0.1, 0.15) is 17.3 Å². The first-order chi connectivity index (χ1) is 16.6. The van der Waals surface area contributed by atoms with Gasteiger partial charge >= 0.3 is 0 Å². The molecular weight excluding hydrogens is 462 g/mol. The minimum atomic E-state index is -0.639. The van der Waals surface area contributed by atoms with Crippen molar-refractivity contribution in [2.45, 2.75) is 51.2 Å². The second-order valence-corrected chi connectivity index (χ2v) is 9.19. The zero-order valence-electron chi connectivity index (χ0n) is 18.8. The van der Waals surface area contributed by atoms with E-state index in [4.69, 9.17) is 21.1 Å². The van der Waals surface area contributed by atoms with E-state index in [1.165, 1.54) is 0 Å². The highest BCUT2D eigenvalue weighted by Crippen LogP contribution is 2.31. The summed E-state index contributed by atoms with van der Waals surface area (Å²) >= 11 is 6.09. The Morgan fingerprint density at radius 2 is 2.00 bits per heavy atom. The van der Waals surface area contributed by atoms with Gasteiger partial charge in [-0.15, -0.1) is 0 Å². The molecule has 0 radical (unpaired) electrons. The fourth-order valence-corrected chi connectivity index (χ4v) is 4.72. The van der Waals surface area contributed by atoms with Crippen LogP contribution in [0.5, 0.6) is 0 Å². The number of halogens is 3. The van der Waals surface area contributed by atoms with Crippen LogP contribution in [0.3, 0.4) is 0 Å². The Bertz CT molecular complexity index is 1150. The highest BCUT2D eigenvalue weighted by Gasteiger charge is 2.23. The molecule has 34 heavy (non-hydrogen) atoms. The number of aryl methyl sites for hydroxylation is 1. The Kier molecular flexibility index (Phi) is 7.03. The van der Waals surface area contributed by atoms with Gasteiger partial charge in [-0.3, -0.25) is 4.98 Å². The third-order valence-corrected chi connectivity index (χ3v) is 6.84. The first kappa shape index (κ1) is 23.1. The van der Waals surface area contributed by atoms with Gasteiger partial charge in [-0.2, -0.15) is 0 Å². The van der Waals surface area contributed by atoms with Crippen LogP contribution in [0.4, 0.5) is 14.6 Å². The van der Waals surface area contributed by atoms with Gasteiger partial charge in [0.05, 0.1) is 22.6 Å². The molecule has 0 spiro atoms. The van der Waals surface area contributed by atoms with Crippen LogP contribution in [0.2, 0.25) is 5.02 Å². The Hall–Kier alpha value is -2.62. The molecule has 3 aromatic rings. The lowest BCUT2D eigenvalue weighted by molar-refractivity contribution is 0.374. The molecule has 0 bridgehead atoms. The van der Waals surface area contributed by atoms with Gasteiger partial charge in [0.15, 0.2) is 11.6 Å². The summed E-state index contributed by atoms with van der Waals surface area (Å²) in [5.41, 5.74) is 2.29. The predicted octanol–water partition coefficient (Wildman–Crippen LogP) is 4.25. The maximum Gasteiger partial charge on any atom is 0.187 e. The predicted molar refractivity (Wildman–Crippen MR) is 126 cm³/mol. The van der Waals surface area contributed by atoms with Crippen molar-refractivity contribution in [3.8, 4) is 11.5 Å². The third-order valence-electron chi connectivity index (χ3n) is 6.43. The van der Waals surface area contributed by atoms with Crippen LogP contribution >= 0.6 is 11.6 Å². The van der Waals surface area contributed by atoms with Crippen molar-refractivity contribution >= 4 is 17.4 Å². The highest BCUT2D eigenvalue weighted by molar-refractivity contribution is 6.31. The molecule has 1 aromatic carbocycles. The number of nitrogens with one attached hydrogen (secondary N) is 2. The Morgan fingerprint density at radius 3 is 2.85 bits per heavy atom. The van der Waals surface area contributed by atoms with Crippen LogP contribution in [0, 0.1) is 11.6 Å². The maximum atomic E-state index is 14.5. The number of benzene rings is 1. The molecule has 2 N–H and O–H groups in total. The number of hydrogen-bond acceptors (Lipinski definition) is 7. The summed E-state index contributed by atoms with van der Waals surface area (Å²) in [7, 11) is 0. The van der Waals surface area contributed by atoms with Gasteiger partial charge in [-0.05, 0) is 57.3 Å². The number of nitrogens with zero attached hydrogens (tertiary/aromatic N) is 4. The van der Waals surface area contributed by atoms with Crippen molar-refractivity contribution in [1.82, 2.24) is 25.8 Å². The SMILES string of the molecule is Fc1ccc(F)c(CN2CCCCc3ncc(-c4cc(CNC5CCNCC5)no4)nc32)c1Cl. The number of piperidine rings is 1. The van der Waals surface area contributed by atoms with Crippen LogP contribution in [0.15, 0.2) is 28.9 Å². The molecular formula is C24H27ClF2N6O. The minimum absolute atomic E-state index is 0.107. The summed E-state index contributed by atoms with van der Waals surface area (Å²) < 4.78 is 34.0. The van der Waals surface area contributed by atoms with E-state index in [9.17, 15) is 8.78 Å². The van der Waals surface area contributed by atoms with Crippen molar-refractivity contribution in [1.29, 1.82) is 0 Å². The van der Waals surface area contributed by atoms with Gasteiger partial charge < -0.3 is 20.1 Å². The van der Waals surface area contributed by atoms with Crippen molar-refractivity contribution in [3.05, 3.63) is 58.0 Å². The molecule has 0 atom stereocenters. The quantitative estimate of drug-likeness (QED) is 0.502. The number of fused-ring (bicyclic) bond motifs is 1. The third kappa shape index (κ3) is 5.06. The lowest BCUT2D eigenvalue weighted by Gasteiger charge is -2.24. The molecule has 1 fully saturated rings. The average Bonchev–Trinajstić information content (AvgIpc) is 3.25. The van der Waals surface area contributed by atoms with E-state index in [0.29, 0.717) is 36.4 Å². The molecule has 180 valence electrons. The molecule has 0 amide bonds. The molecule has 4 heterocycles. The standard InChI is InChI=1S/C24H27ClF2N6O/c25-23-17(18(26)4-5-19(23)27)14-33-10-2-1-3-20-24(33)31-21(13-30-20)22-11-16(32-34-22)12-29-15-6-8-28-9-7-15/h4-5,11,13,15,28-29H,1-3,6-10,12,14H2. The van der Waals surface area contributed by atoms with Gasteiger partial charge in [0, 0.05) is 37.3 Å². The van der Waals surface area contributed by atoms with E-state index >= 15 is 0 Å². The second-order valence-electron chi connectivity index (χ2n) is 8.81. The Morgan fingerprint density at radius 1 is 1.18 bits per heavy atom. The highest BCUT2D eigenvalue weighted by atomic mass is 35.5. The van der Waals surface area contributed by atoms with Crippen LogP contribution in [-0.2, 0) is 19.5 Å². The second kappa shape index (κ2) is 10.3. The summed E-state index contributed by atoms with van der Waals surface area (Å²) in [5.74, 6) is -0.0141. The van der Waals surface area contributed by atoms with Crippen molar-refractivity contribution in [2.24, 2.45) is 0 Å². The van der Waals surface area contributed by atoms with E-state index in [1.807, 2.05) is 11.0 Å². The number of anilines is 1. The Balaban J connectivity index is 1.37. The molecule has 2 aliphatic heterocycles. The monoisotopic (exact) mass is 488 g/mol. The number of hydrogen-bond donors (Lipinski definition) is 2. The molecule has 1 saturated heterocycles. The largest absolute Gasteiger partial charge is 0.354 e. The summed E-state index contributed by atoms with van der Waals surface area (Å²) in [6.07, 6.45) is 6.45. The van der Waals surface area contributed by atoms with E-state index in [2.05, 4.69) is 20.8 Å². The van der Waals surface area contributed by atoms with Gasteiger partial charge in [0.25, 0.3) is 0 Å². The molecule has 2 aliphatic rings. The maximum absolute atomic E-state index is 14.5. The molecule has 0 aliphatic carbocycles. The molecule has 10 heteroatoms. The molecule has 0 saturated carbocycles. The average molecular weight is 489 g/mol. The minimum Gasteiger partial charge on any atom is -0.354 e. The smallest absolute Gasteiger partial charge is 0.187 e. The topological polar surface area (TPSA) is 79.1 Å². The van der Waals surface area contributed by atoms with Crippen molar-refractivity contribution in [3.63, 3.8) is 0 Å². The molecule has 7 nitrogen and oxygen atoms in total. The molecule has 5 rings (SSSR count). The van der Waals surface area contributed by atoms with Gasteiger partial charge in [-0.25, -0.2) is 13.8 Å². The lowest BCUT2D eigenvalue weighted by atomic mass is 10.1. The van der Waals surface area contributed by atoms with Crippen LogP contribution in [0.25, 0.3) is 11.5 Å². The normalized spacial score (nSPS) is 17.0. The number of aromatic nitrogens is 3. The summed E-state index contributed by atoms with van der Waals surface area (Å²) in [5, 5.41) is 10.9. The van der Waals surface area contributed by atoms with Crippen molar-refractivity contribution < 1.29 is 13.3 Å². The first-order valence-corrected chi connectivity index (χ1v) is 12.1. The zero-order chi connectivity index (χ0) is 23.5. The van der Waals surface area contributed by atoms with E-state index < -0.39 is 11.6 Å². The molecule has 0 unspecified atom stereocenters. The van der Waals surface area contributed by atoms with Crippen LogP contribution in [0.1, 0.15) is 42.6 Å². The van der Waals surface area contributed by atoms with E-state index in [1.54, 1.807) is 6.20 Å². The zero-order valence-corrected chi connectivity index (χ0v) is 19.5. The van der Waals surface area contributed by atoms with Gasteiger partial charge in [-0.1, -0.05) is 16.8 Å². The summed E-state index contributed by atoms with van der Waals surface area (Å²) in [4.78, 5) is 11.3. The summed E-state index contributed by atoms with van der Waals surface area (Å²) in [6.45, 7) is 3.41. The van der Waals surface area contributed by atoms with Crippen LogP contribution < -0.4 is 15.5 Å². The van der Waals surface area contributed by atoms with Crippen LogP contribution in [-0.4, -0.2) is 40.8 Å². The fourth-order valence-electron chi connectivity index (χ4n) is 4.50.